The molecule has 1 aromatic carbocycles. The van der Waals surface area contributed by atoms with E-state index in [1.54, 1.807) is 36.4 Å². The van der Waals surface area contributed by atoms with Gasteiger partial charge in [0.15, 0.2) is 0 Å². The lowest BCUT2D eigenvalue weighted by atomic mass is 10.2. The first-order chi connectivity index (χ1) is 12.5. The monoisotopic (exact) mass is 355 g/mol. The molecule has 3 amide bonds. The largest absolute Gasteiger partial charge is 0.467 e. The van der Waals surface area contributed by atoms with Crippen molar-refractivity contribution >= 4 is 23.4 Å². The summed E-state index contributed by atoms with van der Waals surface area (Å²) in [6, 6.07) is 10.1. The Morgan fingerprint density at radius 1 is 1.15 bits per heavy atom. The number of carbonyl (C=O) groups excluding carboxylic acids is 3. The van der Waals surface area contributed by atoms with Crippen LogP contribution in [0.2, 0.25) is 0 Å². The summed E-state index contributed by atoms with van der Waals surface area (Å²) in [7, 11) is 0. The highest BCUT2D eigenvalue weighted by Crippen LogP contribution is 2.38. The molecule has 26 heavy (non-hydrogen) atoms. The summed E-state index contributed by atoms with van der Waals surface area (Å²) < 4.78 is 5.11. The Morgan fingerprint density at radius 2 is 1.96 bits per heavy atom. The molecule has 1 heterocycles. The smallest absolute Gasteiger partial charge is 0.251 e. The van der Waals surface area contributed by atoms with Crippen molar-refractivity contribution < 1.29 is 18.8 Å². The summed E-state index contributed by atoms with van der Waals surface area (Å²) in [5, 5.41) is 8.03. The summed E-state index contributed by atoms with van der Waals surface area (Å²) in [4.78, 5) is 35.9. The SMILES string of the molecule is CC1CC1C(=O)Nc1cccc(C(=O)NCC(=O)NCc2ccco2)c1. The summed E-state index contributed by atoms with van der Waals surface area (Å²) in [5.41, 5.74) is 0.953. The van der Waals surface area contributed by atoms with Crippen LogP contribution in [0.5, 0.6) is 0 Å². The Morgan fingerprint density at radius 3 is 2.65 bits per heavy atom. The van der Waals surface area contributed by atoms with E-state index in [1.807, 2.05) is 6.92 Å². The van der Waals surface area contributed by atoms with E-state index in [2.05, 4.69) is 16.0 Å². The highest BCUT2D eigenvalue weighted by Gasteiger charge is 2.39. The van der Waals surface area contributed by atoms with Crippen LogP contribution in [0, 0.1) is 11.8 Å². The number of rotatable bonds is 7. The van der Waals surface area contributed by atoms with Gasteiger partial charge in [-0.25, -0.2) is 0 Å². The molecule has 1 saturated carbocycles. The molecule has 0 spiro atoms. The number of nitrogens with one attached hydrogen (secondary N) is 3. The van der Waals surface area contributed by atoms with Crippen LogP contribution in [0.4, 0.5) is 5.69 Å². The van der Waals surface area contributed by atoms with Crippen LogP contribution in [0.3, 0.4) is 0 Å². The summed E-state index contributed by atoms with van der Waals surface area (Å²) in [6.45, 7) is 2.16. The van der Waals surface area contributed by atoms with Gasteiger partial charge in [0.2, 0.25) is 11.8 Å². The number of carbonyl (C=O) groups is 3. The Labute approximate surface area is 151 Å². The fourth-order valence-electron chi connectivity index (χ4n) is 2.58. The third kappa shape index (κ3) is 4.72. The van der Waals surface area contributed by atoms with Gasteiger partial charge in [-0.3, -0.25) is 14.4 Å². The molecule has 0 radical (unpaired) electrons. The van der Waals surface area contributed by atoms with Gasteiger partial charge < -0.3 is 20.4 Å². The van der Waals surface area contributed by atoms with Crippen molar-refractivity contribution in [3.05, 3.63) is 54.0 Å². The van der Waals surface area contributed by atoms with E-state index >= 15 is 0 Å². The molecule has 7 heteroatoms. The van der Waals surface area contributed by atoms with E-state index in [-0.39, 0.29) is 36.7 Å². The molecule has 1 fully saturated rings. The minimum Gasteiger partial charge on any atom is -0.467 e. The zero-order valence-corrected chi connectivity index (χ0v) is 14.5. The summed E-state index contributed by atoms with van der Waals surface area (Å²) in [6.07, 6.45) is 2.43. The molecule has 2 atom stereocenters. The number of anilines is 1. The maximum atomic E-state index is 12.2. The second kappa shape index (κ2) is 7.86. The summed E-state index contributed by atoms with van der Waals surface area (Å²) >= 11 is 0. The molecular formula is C19H21N3O4. The first kappa shape index (κ1) is 17.7. The number of amides is 3. The van der Waals surface area contributed by atoms with Gasteiger partial charge in [-0.05, 0) is 42.7 Å². The van der Waals surface area contributed by atoms with Crippen molar-refractivity contribution in [2.45, 2.75) is 19.9 Å². The first-order valence-corrected chi connectivity index (χ1v) is 8.51. The molecule has 2 aromatic rings. The van der Waals surface area contributed by atoms with Crippen molar-refractivity contribution in [3.8, 4) is 0 Å². The molecule has 1 aromatic heterocycles. The second-order valence-corrected chi connectivity index (χ2v) is 6.43. The van der Waals surface area contributed by atoms with E-state index in [4.69, 9.17) is 4.42 Å². The Balaban J connectivity index is 1.47. The van der Waals surface area contributed by atoms with Crippen molar-refractivity contribution in [2.24, 2.45) is 11.8 Å². The lowest BCUT2D eigenvalue weighted by Gasteiger charge is -2.08. The highest BCUT2D eigenvalue weighted by atomic mass is 16.3. The van der Waals surface area contributed by atoms with Crippen LogP contribution in [0.15, 0.2) is 47.1 Å². The predicted molar refractivity (Wildman–Crippen MR) is 95.2 cm³/mol. The van der Waals surface area contributed by atoms with Crippen molar-refractivity contribution in [1.29, 1.82) is 0 Å². The van der Waals surface area contributed by atoms with Crippen LogP contribution in [0.1, 0.15) is 29.5 Å². The van der Waals surface area contributed by atoms with Gasteiger partial charge >= 0.3 is 0 Å². The molecule has 3 N–H and O–H groups in total. The first-order valence-electron chi connectivity index (χ1n) is 8.51. The average Bonchev–Trinajstić information content (AvgIpc) is 3.15. The second-order valence-electron chi connectivity index (χ2n) is 6.43. The number of furan rings is 1. The topological polar surface area (TPSA) is 100 Å². The molecule has 7 nitrogen and oxygen atoms in total. The van der Waals surface area contributed by atoms with E-state index in [0.29, 0.717) is 22.9 Å². The van der Waals surface area contributed by atoms with E-state index in [1.165, 1.54) is 6.26 Å². The van der Waals surface area contributed by atoms with Crippen LogP contribution in [0.25, 0.3) is 0 Å². The standard InChI is InChI=1S/C19H21N3O4/c1-12-8-16(12)19(25)22-14-5-2-4-13(9-14)18(24)21-11-17(23)20-10-15-6-3-7-26-15/h2-7,9,12,16H,8,10-11H2,1H3,(H,20,23)(H,21,24)(H,22,25). The lowest BCUT2D eigenvalue weighted by Crippen LogP contribution is -2.36. The quantitative estimate of drug-likeness (QED) is 0.706. The van der Waals surface area contributed by atoms with Crippen molar-refractivity contribution in [3.63, 3.8) is 0 Å². The number of benzene rings is 1. The summed E-state index contributed by atoms with van der Waals surface area (Å²) in [5.74, 6) is 0.396. The Bertz CT molecular complexity index is 801. The van der Waals surface area contributed by atoms with Gasteiger partial charge in [-0.15, -0.1) is 0 Å². The maximum Gasteiger partial charge on any atom is 0.251 e. The Hall–Kier alpha value is -3.09. The molecule has 1 aliphatic rings. The van der Waals surface area contributed by atoms with Crippen LogP contribution in [-0.2, 0) is 16.1 Å². The van der Waals surface area contributed by atoms with E-state index in [9.17, 15) is 14.4 Å². The van der Waals surface area contributed by atoms with Gasteiger partial charge in [0, 0.05) is 17.2 Å². The molecule has 0 saturated heterocycles. The van der Waals surface area contributed by atoms with Gasteiger partial charge in [-0.2, -0.15) is 0 Å². The minimum absolute atomic E-state index is 0.0210. The molecular weight excluding hydrogens is 334 g/mol. The van der Waals surface area contributed by atoms with Gasteiger partial charge in [0.1, 0.15) is 5.76 Å². The van der Waals surface area contributed by atoms with Gasteiger partial charge in [0.25, 0.3) is 5.91 Å². The highest BCUT2D eigenvalue weighted by molar-refractivity contribution is 5.99. The Kier molecular flexibility index (Phi) is 5.36. The molecule has 2 unspecified atom stereocenters. The predicted octanol–water partition coefficient (Wildman–Crippen LogP) is 1.92. The molecule has 0 bridgehead atoms. The van der Waals surface area contributed by atoms with Crippen molar-refractivity contribution in [2.75, 3.05) is 11.9 Å². The van der Waals surface area contributed by atoms with E-state index in [0.717, 1.165) is 6.42 Å². The molecule has 3 rings (SSSR count). The molecule has 136 valence electrons. The third-order valence-electron chi connectivity index (χ3n) is 4.29. The average molecular weight is 355 g/mol. The third-order valence-corrected chi connectivity index (χ3v) is 4.29. The van der Waals surface area contributed by atoms with Gasteiger partial charge in [-0.1, -0.05) is 13.0 Å². The van der Waals surface area contributed by atoms with Gasteiger partial charge in [0.05, 0.1) is 19.4 Å². The fourth-order valence-corrected chi connectivity index (χ4v) is 2.58. The maximum absolute atomic E-state index is 12.2. The van der Waals surface area contributed by atoms with Crippen LogP contribution < -0.4 is 16.0 Å². The molecule has 0 aliphatic heterocycles. The zero-order valence-electron chi connectivity index (χ0n) is 14.5. The normalized spacial score (nSPS) is 18.0. The zero-order chi connectivity index (χ0) is 18.5. The fraction of sp³-hybridized carbons (Fsp3) is 0.316. The number of hydrogen-bond acceptors (Lipinski definition) is 4. The van der Waals surface area contributed by atoms with Crippen molar-refractivity contribution in [1.82, 2.24) is 10.6 Å². The van der Waals surface area contributed by atoms with E-state index < -0.39 is 0 Å². The number of hydrogen-bond donors (Lipinski definition) is 3. The van der Waals surface area contributed by atoms with Crippen LogP contribution >= 0.6 is 0 Å². The minimum atomic E-state index is -0.381. The lowest BCUT2D eigenvalue weighted by molar-refractivity contribution is -0.120. The van der Waals surface area contributed by atoms with Crippen LogP contribution in [-0.4, -0.2) is 24.3 Å². The molecule has 1 aliphatic carbocycles.